The van der Waals surface area contributed by atoms with Crippen LogP contribution in [0, 0.1) is 5.92 Å². The van der Waals surface area contributed by atoms with E-state index in [0.29, 0.717) is 23.6 Å². The fourth-order valence-electron chi connectivity index (χ4n) is 2.17. The molecule has 3 amide bonds. The number of hydrogen-bond donors (Lipinski definition) is 4. The van der Waals surface area contributed by atoms with Gasteiger partial charge in [0.2, 0.25) is 0 Å². The number of anilines is 1. The summed E-state index contributed by atoms with van der Waals surface area (Å²) in [5.41, 5.74) is 5.04. The Morgan fingerprint density at radius 3 is 2.33 bits per heavy atom. The van der Waals surface area contributed by atoms with E-state index in [0.717, 1.165) is 0 Å². The van der Waals surface area contributed by atoms with Crippen molar-refractivity contribution in [3.63, 3.8) is 0 Å². The average Bonchev–Trinajstić information content (AvgIpc) is 2.34. The van der Waals surface area contributed by atoms with Crippen LogP contribution in [0.2, 0.25) is 0 Å². The summed E-state index contributed by atoms with van der Waals surface area (Å²) in [6, 6.07) is 5.69. The van der Waals surface area contributed by atoms with E-state index in [2.05, 4.69) is 10.6 Å². The smallest absolute Gasteiger partial charge is 0.316 e. The number of aliphatic hydroxyl groups is 1. The Labute approximate surface area is 124 Å². The summed E-state index contributed by atoms with van der Waals surface area (Å²) in [4.78, 5) is 22.7. The Morgan fingerprint density at radius 1 is 1.29 bits per heavy atom. The number of nitrogens with two attached hydrogens (primary N) is 1. The van der Waals surface area contributed by atoms with Gasteiger partial charge in [0, 0.05) is 17.8 Å². The van der Waals surface area contributed by atoms with Crippen molar-refractivity contribution in [3.8, 4) is 0 Å². The van der Waals surface area contributed by atoms with Crippen LogP contribution < -0.4 is 16.4 Å². The fourth-order valence-corrected chi connectivity index (χ4v) is 2.17. The van der Waals surface area contributed by atoms with Crippen molar-refractivity contribution < 1.29 is 14.7 Å². The number of carbonyl (C=O) groups excluding carboxylic acids is 2. The molecule has 1 rings (SSSR count). The lowest BCUT2D eigenvalue weighted by Crippen LogP contribution is -2.41. The minimum Gasteiger partial charge on any atom is -0.388 e. The average molecular weight is 293 g/mol. The molecule has 0 aliphatic carbocycles. The molecule has 6 heteroatoms. The lowest BCUT2D eigenvalue weighted by molar-refractivity contribution is 0.0368. The molecule has 21 heavy (non-hydrogen) atoms. The molecule has 0 aliphatic heterocycles. The zero-order valence-electron chi connectivity index (χ0n) is 12.6. The molecule has 0 radical (unpaired) electrons. The van der Waals surface area contributed by atoms with Gasteiger partial charge in [0.25, 0.3) is 5.91 Å². The summed E-state index contributed by atoms with van der Waals surface area (Å²) >= 11 is 0. The molecule has 1 aromatic carbocycles. The molecule has 6 nitrogen and oxygen atoms in total. The third-order valence-corrected chi connectivity index (χ3v) is 2.89. The van der Waals surface area contributed by atoms with Crippen LogP contribution in [0.15, 0.2) is 24.3 Å². The third kappa shape index (κ3) is 6.27. The van der Waals surface area contributed by atoms with Crippen LogP contribution in [-0.4, -0.2) is 29.2 Å². The number of rotatable bonds is 6. The molecule has 0 fully saturated rings. The summed E-state index contributed by atoms with van der Waals surface area (Å²) in [5, 5.41) is 15.3. The lowest BCUT2D eigenvalue weighted by Gasteiger charge is -2.25. The SMILES string of the molecule is CC(C)CC(C)(O)CNC(=O)c1ccc(NC(N)=O)cc1. The van der Waals surface area contributed by atoms with Gasteiger partial charge in [0.15, 0.2) is 0 Å². The lowest BCUT2D eigenvalue weighted by atomic mass is 9.94. The van der Waals surface area contributed by atoms with E-state index in [-0.39, 0.29) is 12.5 Å². The monoisotopic (exact) mass is 293 g/mol. The fraction of sp³-hybridized carbons (Fsp3) is 0.467. The van der Waals surface area contributed by atoms with Crippen molar-refractivity contribution in [3.05, 3.63) is 29.8 Å². The van der Waals surface area contributed by atoms with Crippen LogP contribution >= 0.6 is 0 Å². The number of hydrogen-bond acceptors (Lipinski definition) is 3. The van der Waals surface area contributed by atoms with Crippen LogP contribution in [0.5, 0.6) is 0 Å². The molecule has 116 valence electrons. The Balaban J connectivity index is 2.58. The maximum Gasteiger partial charge on any atom is 0.316 e. The largest absolute Gasteiger partial charge is 0.388 e. The summed E-state index contributed by atoms with van der Waals surface area (Å²) in [7, 11) is 0. The van der Waals surface area contributed by atoms with Gasteiger partial charge in [-0.1, -0.05) is 13.8 Å². The second-order valence-electron chi connectivity index (χ2n) is 5.84. The van der Waals surface area contributed by atoms with E-state index in [1.54, 1.807) is 31.2 Å². The first-order chi connectivity index (χ1) is 9.69. The van der Waals surface area contributed by atoms with Crippen molar-refractivity contribution in [2.45, 2.75) is 32.8 Å². The highest BCUT2D eigenvalue weighted by atomic mass is 16.3. The van der Waals surface area contributed by atoms with E-state index >= 15 is 0 Å². The summed E-state index contributed by atoms with van der Waals surface area (Å²) in [6.45, 7) is 5.92. The van der Waals surface area contributed by atoms with Crippen molar-refractivity contribution in [2.75, 3.05) is 11.9 Å². The van der Waals surface area contributed by atoms with Crippen molar-refractivity contribution >= 4 is 17.6 Å². The predicted molar refractivity (Wildman–Crippen MR) is 82.1 cm³/mol. The van der Waals surface area contributed by atoms with Gasteiger partial charge in [-0.25, -0.2) is 4.79 Å². The molecule has 0 aliphatic rings. The second kappa shape index (κ2) is 7.08. The highest BCUT2D eigenvalue weighted by Gasteiger charge is 2.22. The number of urea groups is 1. The quantitative estimate of drug-likeness (QED) is 0.641. The summed E-state index contributed by atoms with van der Waals surface area (Å²) < 4.78 is 0. The third-order valence-electron chi connectivity index (χ3n) is 2.89. The molecule has 0 aromatic heterocycles. The standard InChI is InChI=1S/C15H23N3O3/c1-10(2)8-15(3,21)9-17-13(19)11-4-6-12(7-5-11)18-14(16)20/h4-7,10,21H,8-9H2,1-3H3,(H,17,19)(H3,16,18,20). The molecule has 0 heterocycles. The van der Waals surface area contributed by atoms with Crippen LogP contribution in [0.25, 0.3) is 0 Å². The molecule has 1 unspecified atom stereocenters. The highest BCUT2D eigenvalue weighted by Crippen LogP contribution is 2.15. The van der Waals surface area contributed by atoms with Crippen LogP contribution in [0.4, 0.5) is 10.5 Å². The molecular weight excluding hydrogens is 270 g/mol. The van der Waals surface area contributed by atoms with Gasteiger partial charge in [0.1, 0.15) is 0 Å². The minimum absolute atomic E-state index is 0.186. The Bertz CT molecular complexity index is 495. The highest BCUT2D eigenvalue weighted by molar-refractivity contribution is 5.95. The maximum absolute atomic E-state index is 12.0. The summed E-state index contributed by atoms with van der Waals surface area (Å²) in [6.07, 6.45) is 0.606. The number of carbonyl (C=O) groups is 2. The van der Waals surface area contributed by atoms with Gasteiger partial charge in [-0.2, -0.15) is 0 Å². The van der Waals surface area contributed by atoms with Crippen molar-refractivity contribution in [1.29, 1.82) is 0 Å². The maximum atomic E-state index is 12.0. The molecule has 0 bridgehead atoms. The van der Waals surface area contributed by atoms with Gasteiger partial charge in [-0.3, -0.25) is 4.79 Å². The van der Waals surface area contributed by atoms with Gasteiger partial charge in [-0.15, -0.1) is 0 Å². The molecule has 0 saturated heterocycles. The minimum atomic E-state index is -0.933. The first-order valence-electron chi connectivity index (χ1n) is 6.87. The van der Waals surface area contributed by atoms with E-state index in [4.69, 9.17) is 5.73 Å². The second-order valence-corrected chi connectivity index (χ2v) is 5.84. The van der Waals surface area contributed by atoms with Crippen LogP contribution in [0.3, 0.4) is 0 Å². The molecular formula is C15H23N3O3. The van der Waals surface area contributed by atoms with Crippen molar-refractivity contribution in [2.24, 2.45) is 11.7 Å². The molecule has 5 N–H and O–H groups in total. The van der Waals surface area contributed by atoms with Crippen LogP contribution in [-0.2, 0) is 0 Å². The first kappa shape index (κ1) is 17.0. The zero-order chi connectivity index (χ0) is 16.0. The topological polar surface area (TPSA) is 104 Å². The molecule has 0 spiro atoms. The Kier molecular flexibility index (Phi) is 5.72. The number of amides is 3. The zero-order valence-corrected chi connectivity index (χ0v) is 12.6. The van der Waals surface area contributed by atoms with Gasteiger partial charge in [-0.05, 0) is 43.5 Å². The van der Waals surface area contributed by atoms with Crippen molar-refractivity contribution in [1.82, 2.24) is 5.32 Å². The van der Waals surface area contributed by atoms with E-state index in [1.807, 2.05) is 13.8 Å². The first-order valence-corrected chi connectivity index (χ1v) is 6.87. The molecule has 1 atom stereocenters. The number of nitrogens with one attached hydrogen (secondary N) is 2. The molecule has 1 aromatic rings. The predicted octanol–water partition coefficient (Wildman–Crippen LogP) is 1.70. The molecule has 0 saturated carbocycles. The number of primary amides is 1. The Morgan fingerprint density at radius 2 is 1.86 bits per heavy atom. The van der Waals surface area contributed by atoms with Gasteiger partial charge < -0.3 is 21.5 Å². The van der Waals surface area contributed by atoms with E-state index in [1.165, 1.54) is 0 Å². The van der Waals surface area contributed by atoms with E-state index < -0.39 is 11.6 Å². The van der Waals surface area contributed by atoms with E-state index in [9.17, 15) is 14.7 Å². The Hall–Kier alpha value is -2.08. The summed E-state index contributed by atoms with van der Waals surface area (Å²) in [5.74, 6) is 0.0701. The van der Waals surface area contributed by atoms with Gasteiger partial charge in [0.05, 0.1) is 5.60 Å². The van der Waals surface area contributed by atoms with Crippen LogP contribution in [0.1, 0.15) is 37.6 Å². The number of benzene rings is 1. The normalized spacial score (nSPS) is 13.6. The van der Waals surface area contributed by atoms with Gasteiger partial charge >= 0.3 is 6.03 Å².